The van der Waals surface area contributed by atoms with E-state index in [9.17, 15) is 26.7 Å². The summed E-state index contributed by atoms with van der Waals surface area (Å²) in [5, 5.41) is 1.34. The molecule has 0 aliphatic rings. The van der Waals surface area contributed by atoms with Crippen LogP contribution < -0.4 is 5.32 Å². The molecule has 1 amide bonds. The Kier molecular flexibility index (Phi) is 3.89. The minimum absolute atomic E-state index is 0.236. The van der Waals surface area contributed by atoms with Crippen molar-refractivity contribution in [2.75, 3.05) is 12.4 Å². The molecule has 0 aliphatic heterocycles. The minimum Gasteiger partial charge on any atom is -0.349 e. The van der Waals surface area contributed by atoms with Gasteiger partial charge in [-0.15, -0.1) is 11.6 Å². The van der Waals surface area contributed by atoms with Crippen LogP contribution >= 0.6 is 11.6 Å². The van der Waals surface area contributed by atoms with E-state index in [0.717, 1.165) is 0 Å². The molecule has 2 nitrogen and oxygen atoms in total. The summed E-state index contributed by atoms with van der Waals surface area (Å²) < 4.78 is 58.5. The summed E-state index contributed by atoms with van der Waals surface area (Å²) in [6.07, 6.45) is -5.87. The number of alkyl halides is 6. The van der Waals surface area contributed by atoms with E-state index in [-0.39, 0.29) is 5.88 Å². The molecule has 0 saturated carbocycles. The number of hydrogen-bond donors (Lipinski definition) is 1. The summed E-state index contributed by atoms with van der Waals surface area (Å²) in [5.74, 6) is -7.99. The molecule has 0 saturated heterocycles. The molecule has 0 atom stereocenters. The number of hydrogen-bond acceptors (Lipinski definition) is 1. The molecule has 0 fully saturated rings. The fraction of sp³-hybridized carbons (Fsp3) is 0.800. The van der Waals surface area contributed by atoms with Gasteiger partial charge in [-0.1, -0.05) is 0 Å². The highest BCUT2D eigenvalue weighted by Crippen LogP contribution is 2.35. The van der Waals surface area contributed by atoms with Crippen molar-refractivity contribution in [2.45, 2.75) is 12.1 Å². The average Bonchev–Trinajstić information content (AvgIpc) is 1.97. The van der Waals surface area contributed by atoms with Gasteiger partial charge in [0.05, 0.1) is 0 Å². The molecule has 0 unspecified atom stereocenters. The Bertz CT molecular complexity index is 192. The number of nitrogens with one attached hydrogen (secondary N) is 1. The summed E-state index contributed by atoms with van der Waals surface area (Å²) in [5.41, 5.74) is 0. The van der Waals surface area contributed by atoms with E-state index in [4.69, 9.17) is 11.6 Å². The Morgan fingerprint density at radius 3 is 2.00 bits per heavy atom. The third-order valence-electron chi connectivity index (χ3n) is 1.02. The lowest BCUT2D eigenvalue weighted by Crippen LogP contribution is -2.50. The molecule has 0 aromatic rings. The van der Waals surface area contributed by atoms with Crippen LogP contribution in [0.2, 0.25) is 0 Å². The molecule has 1 N–H and O–H groups in total. The van der Waals surface area contributed by atoms with E-state index in [0.29, 0.717) is 0 Å². The molecule has 0 aliphatic carbocycles. The summed E-state index contributed by atoms with van der Waals surface area (Å²) in [6.45, 7) is -0.438. The summed E-state index contributed by atoms with van der Waals surface area (Å²) in [6, 6.07) is 0. The fourth-order valence-electron chi connectivity index (χ4n) is 0.401. The van der Waals surface area contributed by atoms with Crippen LogP contribution in [0.3, 0.4) is 0 Å². The molecule has 0 aromatic heterocycles. The second-order valence-electron chi connectivity index (χ2n) is 2.02. The van der Waals surface area contributed by atoms with E-state index >= 15 is 0 Å². The van der Waals surface area contributed by atoms with Crippen LogP contribution in [-0.4, -0.2) is 30.4 Å². The Morgan fingerprint density at radius 1 is 1.23 bits per heavy atom. The lowest BCUT2D eigenvalue weighted by atomic mass is 10.3. The van der Waals surface area contributed by atoms with Crippen molar-refractivity contribution < 1.29 is 26.7 Å². The Morgan fingerprint density at radius 2 is 1.69 bits per heavy atom. The molecule has 8 heteroatoms. The Balaban J connectivity index is 4.37. The predicted molar refractivity (Wildman–Crippen MR) is 34.7 cm³/mol. The maximum absolute atomic E-state index is 12.1. The van der Waals surface area contributed by atoms with E-state index < -0.39 is 24.6 Å². The van der Waals surface area contributed by atoms with Crippen molar-refractivity contribution in [3.8, 4) is 0 Å². The van der Waals surface area contributed by atoms with E-state index in [2.05, 4.69) is 0 Å². The zero-order chi connectivity index (χ0) is 10.7. The molecule has 13 heavy (non-hydrogen) atoms. The number of carbonyl (C=O) groups excluding carboxylic acids is 1. The van der Waals surface area contributed by atoms with Crippen LogP contribution in [0.25, 0.3) is 0 Å². The van der Waals surface area contributed by atoms with Crippen molar-refractivity contribution in [1.82, 2.24) is 5.32 Å². The molecule has 0 heterocycles. The number of amides is 1. The standard InChI is InChI=1S/C5H5ClF5NO/c6-1-2-12-3(13)4(7,8)5(9,10)11/h1-2H2,(H,12,13). The molecular formula is C5H5ClF5NO. The molecule has 0 rings (SSSR count). The highest BCUT2D eigenvalue weighted by Gasteiger charge is 2.63. The number of carbonyl (C=O) groups is 1. The van der Waals surface area contributed by atoms with Gasteiger partial charge in [0.2, 0.25) is 0 Å². The third-order valence-corrected chi connectivity index (χ3v) is 1.21. The number of rotatable bonds is 3. The first kappa shape index (κ1) is 12.4. The van der Waals surface area contributed by atoms with Gasteiger partial charge in [-0.2, -0.15) is 22.0 Å². The largest absolute Gasteiger partial charge is 0.463 e. The van der Waals surface area contributed by atoms with E-state index in [1.165, 1.54) is 5.32 Å². The smallest absolute Gasteiger partial charge is 0.349 e. The quantitative estimate of drug-likeness (QED) is 0.573. The van der Waals surface area contributed by atoms with Crippen LogP contribution in [0.5, 0.6) is 0 Å². The monoisotopic (exact) mass is 225 g/mol. The molecule has 0 bridgehead atoms. The Labute approximate surface area is 75.0 Å². The predicted octanol–water partition coefficient (Wildman–Crippen LogP) is 1.54. The highest BCUT2D eigenvalue weighted by molar-refractivity contribution is 6.18. The Hall–Kier alpha value is -0.590. The van der Waals surface area contributed by atoms with Crippen molar-refractivity contribution in [1.29, 1.82) is 0 Å². The average molecular weight is 226 g/mol. The van der Waals surface area contributed by atoms with Gasteiger partial charge >= 0.3 is 12.1 Å². The lowest BCUT2D eigenvalue weighted by molar-refractivity contribution is -0.269. The van der Waals surface area contributed by atoms with Crippen molar-refractivity contribution >= 4 is 17.5 Å². The topological polar surface area (TPSA) is 29.1 Å². The van der Waals surface area contributed by atoms with Gasteiger partial charge in [0.1, 0.15) is 0 Å². The van der Waals surface area contributed by atoms with Crippen LogP contribution in [0.4, 0.5) is 22.0 Å². The molecule has 0 radical (unpaired) electrons. The van der Waals surface area contributed by atoms with E-state index in [1.807, 2.05) is 0 Å². The molecule has 78 valence electrons. The molecule has 0 aromatic carbocycles. The second kappa shape index (κ2) is 4.08. The normalized spacial score (nSPS) is 12.8. The van der Waals surface area contributed by atoms with Gasteiger partial charge in [0.25, 0.3) is 5.91 Å². The first-order valence-corrected chi connectivity index (χ1v) is 3.55. The number of halogens is 6. The van der Waals surface area contributed by atoms with Gasteiger partial charge < -0.3 is 5.32 Å². The van der Waals surface area contributed by atoms with Crippen LogP contribution in [-0.2, 0) is 4.79 Å². The summed E-state index contributed by atoms with van der Waals surface area (Å²) in [7, 11) is 0. The maximum atomic E-state index is 12.1. The zero-order valence-corrected chi connectivity index (χ0v) is 6.85. The first-order valence-electron chi connectivity index (χ1n) is 3.02. The fourth-order valence-corrected chi connectivity index (χ4v) is 0.495. The summed E-state index contributed by atoms with van der Waals surface area (Å²) in [4.78, 5) is 10.2. The molecule has 0 spiro atoms. The zero-order valence-electron chi connectivity index (χ0n) is 6.09. The van der Waals surface area contributed by atoms with Crippen molar-refractivity contribution in [3.63, 3.8) is 0 Å². The van der Waals surface area contributed by atoms with Gasteiger partial charge in [-0.05, 0) is 0 Å². The van der Waals surface area contributed by atoms with Crippen LogP contribution in [0.15, 0.2) is 0 Å². The van der Waals surface area contributed by atoms with Crippen LogP contribution in [0, 0.1) is 0 Å². The minimum atomic E-state index is -5.87. The SMILES string of the molecule is O=C(NCCCl)C(F)(F)C(F)(F)F. The van der Waals surface area contributed by atoms with Gasteiger partial charge in [0.15, 0.2) is 0 Å². The highest BCUT2D eigenvalue weighted by atomic mass is 35.5. The first-order chi connectivity index (χ1) is 5.73. The second-order valence-corrected chi connectivity index (χ2v) is 2.39. The van der Waals surface area contributed by atoms with Crippen molar-refractivity contribution in [2.24, 2.45) is 0 Å². The van der Waals surface area contributed by atoms with Gasteiger partial charge in [-0.3, -0.25) is 4.79 Å². The molecular weight excluding hydrogens is 221 g/mol. The van der Waals surface area contributed by atoms with Crippen LogP contribution in [0.1, 0.15) is 0 Å². The lowest BCUT2D eigenvalue weighted by Gasteiger charge is -2.18. The summed E-state index contributed by atoms with van der Waals surface area (Å²) >= 11 is 4.97. The van der Waals surface area contributed by atoms with E-state index in [1.54, 1.807) is 0 Å². The maximum Gasteiger partial charge on any atom is 0.463 e. The van der Waals surface area contributed by atoms with Crippen molar-refractivity contribution in [3.05, 3.63) is 0 Å². The van der Waals surface area contributed by atoms with Gasteiger partial charge in [-0.25, -0.2) is 0 Å². The van der Waals surface area contributed by atoms with Gasteiger partial charge in [0, 0.05) is 12.4 Å². The third kappa shape index (κ3) is 2.98.